The van der Waals surface area contributed by atoms with Crippen LogP contribution in [0.4, 0.5) is 0 Å². The molecular formula is C16H17N3O. The van der Waals surface area contributed by atoms with Crippen LogP contribution in [0.25, 0.3) is 0 Å². The van der Waals surface area contributed by atoms with Crippen LogP contribution < -0.4 is 0 Å². The second-order valence-corrected chi connectivity index (χ2v) is 5.02. The number of hydrogen-bond donors (Lipinski definition) is 1. The van der Waals surface area contributed by atoms with E-state index in [1.165, 1.54) is 23.1 Å². The smallest absolute Gasteiger partial charge is 0.180 e. The summed E-state index contributed by atoms with van der Waals surface area (Å²) in [6, 6.07) is 6.41. The van der Waals surface area contributed by atoms with Gasteiger partial charge in [0.25, 0.3) is 0 Å². The van der Waals surface area contributed by atoms with Crippen molar-refractivity contribution < 1.29 is 4.42 Å². The number of rotatable bonds is 4. The molecule has 3 aromatic rings. The molecule has 4 nitrogen and oxygen atoms in total. The second-order valence-electron chi connectivity index (χ2n) is 5.02. The Kier molecular flexibility index (Phi) is 3.37. The second kappa shape index (κ2) is 5.33. The lowest BCUT2D eigenvalue weighted by Gasteiger charge is -2.18. The number of hydrogen-bond acceptors (Lipinski definition) is 3. The van der Waals surface area contributed by atoms with Crippen molar-refractivity contribution in [3.05, 3.63) is 71.5 Å². The van der Waals surface area contributed by atoms with E-state index in [-0.39, 0.29) is 5.92 Å². The molecule has 0 aliphatic carbocycles. The average molecular weight is 267 g/mol. The molecule has 0 amide bonds. The third-order valence-corrected chi connectivity index (χ3v) is 3.81. The summed E-state index contributed by atoms with van der Waals surface area (Å²) in [4.78, 5) is 11.4. The van der Waals surface area contributed by atoms with Gasteiger partial charge < -0.3 is 9.40 Å². The molecule has 2 aromatic heterocycles. The Morgan fingerprint density at radius 2 is 2.10 bits per heavy atom. The van der Waals surface area contributed by atoms with Gasteiger partial charge in [-0.05, 0) is 30.5 Å². The predicted octanol–water partition coefficient (Wildman–Crippen LogP) is 3.39. The van der Waals surface area contributed by atoms with Gasteiger partial charge in [-0.15, -0.1) is 0 Å². The van der Waals surface area contributed by atoms with E-state index in [1.54, 1.807) is 12.5 Å². The van der Waals surface area contributed by atoms with E-state index in [0.29, 0.717) is 0 Å². The van der Waals surface area contributed by atoms with Crippen LogP contribution in [-0.4, -0.2) is 15.0 Å². The fourth-order valence-corrected chi connectivity index (χ4v) is 2.54. The number of aromatic nitrogens is 3. The summed E-state index contributed by atoms with van der Waals surface area (Å²) < 4.78 is 5.41. The molecule has 0 saturated heterocycles. The lowest BCUT2D eigenvalue weighted by Crippen LogP contribution is -2.07. The summed E-state index contributed by atoms with van der Waals surface area (Å²) in [7, 11) is 0. The van der Waals surface area contributed by atoms with E-state index in [0.717, 1.165) is 17.9 Å². The minimum Gasteiger partial charge on any atom is -0.448 e. The van der Waals surface area contributed by atoms with E-state index in [2.05, 4.69) is 47.0 Å². The average Bonchev–Trinajstić information content (AvgIpc) is 3.11. The largest absolute Gasteiger partial charge is 0.448 e. The van der Waals surface area contributed by atoms with E-state index >= 15 is 0 Å². The Morgan fingerprint density at radius 1 is 1.20 bits per heavy atom. The molecule has 2 heterocycles. The van der Waals surface area contributed by atoms with Crippen LogP contribution in [0.5, 0.6) is 0 Å². The fourth-order valence-electron chi connectivity index (χ4n) is 2.54. The number of aromatic amines is 1. The number of nitrogens with zero attached hydrogens (tertiary/aromatic N) is 2. The number of oxazole rings is 1. The van der Waals surface area contributed by atoms with Crippen LogP contribution >= 0.6 is 0 Å². The zero-order chi connectivity index (χ0) is 13.9. The van der Waals surface area contributed by atoms with E-state index in [1.807, 2.05) is 6.20 Å². The molecule has 4 heteroatoms. The third kappa shape index (κ3) is 2.37. The Balaban J connectivity index is 2.03. The van der Waals surface area contributed by atoms with Crippen LogP contribution in [0.3, 0.4) is 0 Å². The molecule has 102 valence electrons. The first-order valence-corrected chi connectivity index (χ1v) is 6.67. The Labute approximate surface area is 117 Å². The van der Waals surface area contributed by atoms with Gasteiger partial charge >= 0.3 is 0 Å². The number of nitrogens with one attached hydrogen (secondary N) is 1. The number of aryl methyl sites for hydroxylation is 1. The molecule has 20 heavy (non-hydrogen) atoms. The molecule has 0 radical (unpaired) electrons. The van der Waals surface area contributed by atoms with Crippen molar-refractivity contribution in [3.63, 3.8) is 0 Å². The molecule has 0 aliphatic heterocycles. The molecule has 0 spiro atoms. The Hall–Kier alpha value is -2.36. The summed E-state index contributed by atoms with van der Waals surface area (Å²) in [6.07, 6.45) is 7.61. The molecule has 0 saturated carbocycles. The highest BCUT2D eigenvalue weighted by molar-refractivity contribution is 5.39. The van der Waals surface area contributed by atoms with Gasteiger partial charge in [0.05, 0.1) is 12.5 Å². The van der Waals surface area contributed by atoms with Crippen molar-refractivity contribution in [2.24, 2.45) is 0 Å². The molecule has 0 bridgehead atoms. The van der Waals surface area contributed by atoms with Crippen LogP contribution in [-0.2, 0) is 6.42 Å². The van der Waals surface area contributed by atoms with Crippen molar-refractivity contribution in [2.45, 2.75) is 26.2 Å². The predicted molar refractivity (Wildman–Crippen MR) is 76.6 cm³/mol. The number of imidazole rings is 1. The topological polar surface area (TPSA) is 54.7 Å². The highest BCUT2D eigenvalue weighted by Crippen LogP contribution is 2.30. The highest BCUT2D eigenvalue weighted by atomic mass is 16.3. The van der Waals surface area contributed by atoms with E-state index in [9.17, 15) is 0 Å². The van der Waals surface area contributed by atoms with Crippen molar-refractivity contribution in [1.29, 1.82) is 0 Å². The van der Waals surface area contributed by atoms with E-state index in [4.69, 9.17) is 4.42 Å². The molecule has 3 rings (SSSR count). The first-order chi connectivity index (χ1) is 9.75. The minimum absolute atomic E-state index is 0.199. The summed E-state index contributed by atoms with van der Waals surface area (Å²) in [5.74, 6) is 1.08. The number of H-pyrrole nitrogens is 1. The van der Waals surface area contributed by atoms with Crippen LogP contribution in [0.2, 0.25) is 0 Å². The maximum absolute atomic E-state index is 5.41. The van der Waals surface area contributed by atoms with E-state index < -0.39 is 0 Å². The van der Waals surface area contributed by atoms with Gasteiger partial charge in [0.15, 0.2) is 6.39 Å². The normalized spacial score (nSPS) is 12.5. The maximum atomic E-state index is 5.41. The van der Waals surface area contributed by atoms with Crippen LogP contribution in [0.1, 0.15) is 34.1 Å². The van der Waals surface area contributed by atoms with Gasteiger partial charge in [-0.1, -0.05) is 18.2 Å². The summed E-state index contributed by atoms with van der Waals surface area (Å²) in [6.45, 7) is 4.30. The van der Waals surface area contributed by atoms with Gasteiger partial charge in [0.2, 0.25) is 0 Å². The molecule has 0 fully saturated rings. The highest BCUT2D eigenvalue weighted by Gasteiger charge is 2.20. The van der Waals surface area contributed by atoms with Gasteiger partial charge in [-0.25, -0.2) is 9.97 Å². The lowest BCUT2D eigenvalue weighted by molar-refractivity contribution is 0.491. The molecular weight excluding hydrogens is 250 g/mol. The SMILES string of the molecule is Cc1cccc([C@H](Cc2cnco2)c2cnc[nH]2)c1C. The zero-order valence-corrected chi connectivity index (χ0v) is 11.6. The van der Waals surface area contributed by atoms with Gasteiger partial charge in [0, 0.05) is 24.2 Å². The fraction of sp³-hybridized carbons (Fsp3) is 0.250. The molecule has 0 aliphatic rings. The monoisotopic (exact) mass is 267 g/mol. The minimum atomic E-state index is 0.199. The van der Waals surface area contributed by atoms with Crippen molar-refractivity contribution in [3.8, 4) is 0 Å². The standard InChI is InChI=1S/C16H17N3O/c1-11-4-3-5-14(12(11)2)15(16-8-17-9-19-16)6-13-7-18-10-20-13/h3-5,7-10,15H,6H2,1-2H3,(H,17,19)/t15-/m0/s1. The summed E-state index contributed by atoms with van der Waals surface area (Å²) in [5.41, 5.74) is 5.00. The molecule has 0 unspecified atom stereocenters. The molecule has 1 aromatic carbocycles. The Bertz CT molecular complexity index is 672. The summed E-state index contributed by atoms with van der Waals surface area (Å²) >= 11 is 0. The van der Waals surface area contributed by atoms with Crippen LogP contribution in [0, 0.1) is 13.8 Å². The first-order valence-electron chi connectivity index (χ1n) is 6.67. The Morgan fingerprint density at radius 3 is 2.80 bits per heavy atom. The zero-order valence-electron chi connectivity index (χ0n) is 11.6. The van der Waals surface area contributed by atoms with Gasteiger partial charge in [-0.2, -0.15) is 0 Å². The lowest BCUT2D eigenvalue weighted by atomic mass is 9.87. The molecule has 1 atom stereocenters. The van der Waals surface area contributed by atoms with Gasteiger partial charge in [-0.3, -0.25) is 0 Å². The van der Waals surface area contributed by atoms with Crippen molar-refractivity contribution in [1.82, 2.24) is 15.0 Å². The first kappa shape index (κ1) is 12.7. The third-order valence-electron chi connectivity index (χ3n) is 3.81. The number of benzene rings is 1. The van der Waals surface area contributed by atoms with Crippen LogP contribution in [0.15, 0.2) is 47.7 Å². The summed E-state index contributed by atoms with van der Waals surface area (Å²) in [5, 5.41) is 0. The molecule has 1 N–H and O–H groups in total. The van der Waals surface area contributed by atoms with Gasteiger partial charge in [0.1, 0.15) is 5.76 Å². The van der Waals surface area contributed by atoms with Crippen molar-refractivity contribution >= 4 is 0 Å². The quantitative estimate of drug-likeness (QED) is 0.788. The maximum Gasteiger partial charge on any atom is 0.180 e. The van der Waals surface area contributed by atoms with Crippen molar-refractivity contribution in [2.75, 3.05) is 0 Å².